The third-order valence-corrected chi connectivity index (χ3v) is 5.18. The molecule has 1 aromatic rings. The second-order valence-corrected chi connectivity index (χ2v) is 7.50. The molecular weight excluding hydrogens is 311 g/mol. The van der Waals surface area contributed by atoms with E-state index in [0.717, 1.165) is 0 Å². The van der Waals surface area contributed by atoms with Crippen LogP contribution < -0.4 is 10.1 Å². The Morgan fingerprint density at radius 3 is 2.68 bits per heavy atom. The van der Waals surface area contributed by atoms with Crippen molar-refractivity contribution in [3.63, 3.8) is 0 Å². The number of rotatable bonds is 5. The van der Waals surface area contributed by atoms with Crippen molar-refractivity contribution in [3.8, 4) is 5.75 Å². The summed E-state index contributed by atoms with van der Waals surface area (Å²) in [6.45, 7) is 0.598. The predicted octanol–water partition coefficient (Wildman–Crippen LogP) is 1.03. The van der Waals surface area contributed by atoms with E-state index in [1.165, 1.54) is 29.2 Å². The van der Waals surface area contributed by atoms with Gasteiger partial charge in [0.25, 0.3) is 0 Å². The van der Waals surface area contributed by atoms with Crippen LogP contribution in [0, 0.1) is 5.82 Å². The molecule has 6 nitrogen and oxygen atoms in total. The first-order chi connectivity index (χ1) is 10.4. The number of nitrogens with zero attached hydrogens (tertiary/aromatic N) is 1. The first-order valence-corrected chi connectivity index (χ1v) is 8.78. The van der Waals surface area contributed by atoms with Crippen LogP contribution in [0.1, 0.15) is 6.42 Å². The molecule has 1 aliphatic rings. The van der Waals surface area contributed by atoms with Gasteiger partial charge in [-0.25, -0.2) is 17.6 Å². The Morgan fingerprint density at radius 1 is 1.41 bits per heavy atom. The molecule has 0 aliphatic carbocycles. The van der Waals surface area contributed by atoms with Crippen molar-refractivity contribution in [2.75, 3.05) is 31.7 Å². The lowest BCUT2D eigenvalue weighted by Crippen LogP contribution is -2.44. The lowest BCUT2D eigenvalue weighted by molar-refractivity contribution is 0.192. The zero-order valence-corrected chi connectivity index (χ0v) is 13.1. The van der Waals surface area contributed by atoms with Gasteiger partial charge in [-0.1, -0.05) is 0 Å². The van der Waals surface area contributed by atoms with Crippen LogP contribution in [0.3, 0.4) is 0 Å². The quantitative estimate of drug-likeness (QED) is 0.875. The summed E-state index contributed by atoms with van der Waals surface area (Å²) in [5, 5.41) is 2.69. The summed E-state index contributed by atoms with van der Waals surface area (Å²) in [5.74, 6) is 0.307. The van der Waals surface area contributed by atoms with E-state index in [4.69, 9.17) is 4.74 Å². The number of urea groups is 1. The maximum Gasteiger partial charge on any atom is 0.317 e. The summed E-state index contributed by atoms with van der Waals surface area (Å²) in [5.41, 5.74) is 0. The standard InChI is InChI=1S/C14H19FN2O4S/c1-17(7-8-21-13-4-2-11(15)3-5-13)14(18)16-12-6-9-22(19,20)10-12/h2-5,12H,6-10H2,1H3,(H,16,18)/t12-/m1/s1. The molecule has 122 valence electrons. The lowest BCUT2D eigenvalue weighted by Gasteiger charge is -2.20. The van der Waals surface area contributed by atoms with E-state index in [9.17, 15) is 17.6 Å². The van der Waals surface area contributed by atoms with E-state index < -0.39 is 9.84 Å². The summed E-state index contributed by atoms with van der Waals surface area (Å²) in [6.07, 6.45) is 0.452. The fourth-order valence-corrected chi connectivity index (χ4v) is 3.80. The maximum absolute atomic E-state index is 12.7. The van der Waals surface area contributed by atoms with E-state index in [-0.39, 0.29) is 36.0 Å². The minimum Gasteiger partial charge on any atom is -0.492 e. The number of hydrogen-bond acceptors (Lipinski definition) is 4. The molecule has 1 heterocycles. The van der Waals surface area contributed by atoms with Crippen LogP contribution in [0.4, 0.5) is 9.18 Å². The average Bonchev–Trinajstić information content (AvgIpc) is 2.80. The van der Waals surface area contributed by atoms with Gasteiger partial charge < -0.3 is 15.0 Å². The molecule has 1 fully saturated rings. The first kappa shape index (κ1) is 16.5. The third-order valence-electron chi connectivity index (χ3n) is 3.42. The molecule has 1 saturated heterocycles. The molecule has 0 aromatic heterocycles. The maximum atomic E-state index is 12.7. The molecule has 0 unspecified atom stereocenters. The fraction of sp³-hybridized carbons (Fsp3) is 0.500. The normalized spacial score (nSPS) is 19.6. The van der Waals surface area contributed by atoms with E-state index in [0.29, 0.717) is 18.7 Å². The van der Waals surface area contributed by atoms with Gasteiger partial charge in [0.15, 0.2) is 9.84 Å². The molecule has 2 rings (SSSR count). The Balaban J connectivity index is 1.71. The Labute approximate surface area is 129 Å². The molecule has 1 aliphatic heterocycles. The van der Waals surface area contributed by atoms with Crippen molar-refractivity contribution in [1.29, 1.82) is 0 Å². The first-order valence-electron chi connectivity index (χ1n) is 6.96. The Kier molecular flexibility index (Phi) is 5.23. The van der Waals surface area contributed by atoms with E-state index in [2.05, 4.69) is 5.32 Å². The number of sulfone groups is 1. The molecule has 2 amide bonds. The van der Waals surface area contributed by atoms with Crippen molar-refractivity contribution in [1.82, 2.24) is 10.2 Å². The number of carbonyl (C=O) groups excluding carboxylic acids is 1. The van der Waals surface area contributed by atoms with Gasteiger partial charge in [0.2, 0.25) is 0 Å². The third kappa shape index (κ3) is 4.87. The number of benzene rings is 1. The number of halogens is 1. The number of nitrogens with one attached hydrogen (secondary N) is 1. The van der Waals surface area contributed by atoms with Gasteiger partial charge in [-0.2, -0.15) is 0 Å². The summed E-state index contributed by atoms with van der Waals surface area (Å²) >= 11 is 0. The van der Waals surface area contributed by atoms with E-state index in [1.807, 2.05) is 0 Å². The average molecular weight is 330 g/mol. The van der Waals surface area contributed by atoms with Crippen molar-refractivity contribution in [2.45, 2.75) is 12.5 Å². The fourth-order valence-electron chi connectivity index (χ4n) is 2.13. The summed E-state index contributed by atoms with van der Waals surface area (Å²) < 4.78 is 40.8. The monoisotopic (exact) mass is 330 g/mol. The van der Waals surface area contributed by atoms with Gasteiger partial charge in [-0.05, 0) is 30.7 Å². The Hall–Kier alpha value is -1.83. The van der Waals surface area contributed by atoms with Crippen molar-refractivity contribution >= 4 is 15.9 Å². The lowest BCUT2D eigenvalue weighted by atomic mass is 10.3. The minimum atomic E-state index is -3.01. The number of likely N-dealkylation sites (N-methyl/N-ethyl adjacent to an activating group) is 1. The predicted molar refractivity (Wildman–Crippen MR) is 80.1 cm³/mol. The number of amides is 2. The highest BCUT2D eigenvalue weighted by molar-refractivity contribution is 7.91. The van der Waals surface area contributed by atoms with E-state index >= 15 is 0 Å². The number of carbonyl (C=O) groups is 1. The molecule has 8 heteroatoms. The molecule has 0 bridgehead atoms. The van der Waals surface area contributed by atoms with Gasteiger partial charge in [0.05, 0.1) is 18.1 Å². The van der Waals surface area contributed by atoms with Crippen LogP contribution in [-0.2, 0) is 9.84 Å². The van der Waals surface area contributed by atoms with Crippen molar-refractivity contribution in [2.24, 2.45) is 0 Å². The van der Waals surface area contributed by atoms with Crippen LogP contribution in [0.15, 0.2) is 24.3 Å². The zero-order chi connectivity index (χ0) is 16.2. The second kappa shape index (κ2) is 6.95. The van der Waals surface area contributed by atoms with Gasteiger partial charge in [-0.3, -0.25) is 0 Å². The van der Waals surface area contributed by atoms with Crippen LogP contribution in [-0.4, -0.2) is 57.1 Å². The minimum absolute atomic E-state index is 0.00133. The smallest absolute Gasteiger partial charge is 0.317 e. The summed E-state index contributed by atoms with van der Waals surface area (Å²) in [6, 6.07) is 4.97. The van der Waals surface area contributed by atoms with Crippen molar-refractivity contribution in [3.05, 3.63) is 30.1 Å². The van der Waals surface area contributed by atoms with Crippen LogP contribution in [0.2, 0.25) is 0 Å². The summed E-state index contributed by atoms with van der Waals surface area (Å²) in [7, 11) is -1.41. The molecule has 22 heavy (non-hydrogen) atoms. The zero-order valence-electron chi connectivity index (χ0n) is 12.3. The van der Waals surface area contributed by atoms with Crippen LogP contribution >= 0.6 is 0 Å². The summed E-state index contributed by atoms with van der Waals surface area (Å²) in [4.78, 5) is 13.3. The molecule has 0 radical (unpaired) electrons. The van der Waals surface area contributed by atoms with E-state index in [1.54, 1.807) is 7.05 Å². The molecule has 1 atom stereocenters. The highest BCUT2D eigenvalue weighted by atomic mass is 32.2. The van der Waals surface area contributed by atoms with Gasteiger partial charge in [-0.15, -0.1) is 0 Å². The Morgan fingerprint density at radius 2 is 2.09 bits per heavy atom. The highest BCUT2D eigenvalue weighted by Gasteiger charge is 2.29. The molecule has 0 spiro atoms. The SMILES string of the molecule is CN(CCOc1ccc(F)cc1)C(=O)N[C@@H]1CCS(=O)(=O)C1. The second-order valence-electron chi connectivity index (χ2n) is 5.27. The largest absolute Gasteiger partial charge is 0.492 e. The van der Waals surface area contributed by atoms with Crippen LogP contribution in [0.5, 0.6) is 5.75 Å². The number of ether oxygens (including phenoxy) is 1. The van der Waals surface area contributed by atoms with Gasteiger partial charge in [0, 0.05) is 13.1 Å². The number of hydrogen-bond donors (Lipinski definition) is 1. The van der Waals surface area contributed by atoms with Crippen molar-refractivity contribution < 1.29 is 22.3 Å². The molecule has 0 saturated carbocycles. The molecular formula is C14H19FN2O4S. The molecule has 1 aromatic carbocycles. The van der Waals surface area contributed by atoms with Crippen LogP contribution in [0.25, 0.3) is 0 Å². The Bertz CT molecular complexity index is 618. The topological polar surface area (TPSA) is 75.7 Å². The highest BCUT2D eigenvalue weighted by Crippen LogP contribution is 2.12. The molecule has 1 N–H and O–H groups in total. The van der Waals surface area contributed by atoms with Gasteiger partial charge in [0.1, 0.15) is 18.2 Å². The van der Waals surface area contributed by atoms with Gasteiger partial charge >= 0.3 is 6.03 Å².